The Kier molecular flexibility index (Phi) is 2.83. The average molecular weight is 203 g/mol. The minimum absolute atomic E-state index is 0.369. The van der Waals surface area contributed by atoms with Gasteiger partial charge in [-0.2, -0.15) is 0 Å². The van der Waals surface area contributed by atoms with Crippen molar-refractivity contribution in [3.63, 3.8) is 0 Å². The van der Waals surface area contributed by atoms with Gasteiger partial charge in [-0.05, 0) is 38.8 Å². The number of aryl methyl sites for hydroxylation is 1. The van der Waals surface area contributed by atoms with Gasteiger partial charge in [0, 0.05) is 11.5 Å². The molecule has 1 fully saturated rings. The van der Waals surface area contributed by atoms with Gasteiger partial charge in [-0.3, -0.25) is 0 Å². The van der Waals surface area contributed by atoms with Crippen LogP contribution < -0.4 is 5.32 Å². The Morgan fingerprint density at radius 2 is 2.00 bits per heavy atom. The summed E-state index contributed by atoms with van der Waals surface area (Å²) in [7, 11) is 0. The Balaban J connectivity index is 2.37. The van der Waals surface area contributed by atoms with Gasteiger partial charge in [0.15, 0.2) is 0 Å². The number of rotatable bonds is 2. The molecule has 82 valence electrons. The fraction of sp³-hybridized carbons (Fsp3) is 0.571. The molecule has 0 bridgehead atoms. The van der Waals surface area contributed by atoms with Crippen LogP contribution >= 0.6 is 0 Å². The topological polar surface area (TPSA) is 12.0 Å². The highest BCUT2D eigenvalue weighted by atomic mass is 15.0. The molecule has 1 aromatic carbocycles. The van der Waals surface area contributed by atoms with E-state index in [0.29, 0.717) is 11.5 Å². The molecule has 1 heterocycles. The van der Waals surface area contributed by atoms with Gasteiger partial charge < -0.3 is 5.32 Å². The van der Waals surface area contributed by atoms with Crippen molar-refractivity contribution in [1.29, 1.82) is 0 Å². The summed E-state index contributed by atoms with van der Waals surface area (Å²) < 4.78 is 0. The zero-order chi connectivity index (χ0) is 10.9. The Hall–Kier alpha value is -0.820. The summed E-state index contributed by atoms with van der Waals surface area (Å²) in [6, 6.07) is 9.69. The quantitative estimate of drug-likeness (QED) is 0.779. The summed E-state index contributed by atoms with van der Waals surface area (Å²) in [6.45, 7) is 7.93. The summed E-state index contributed by atoms with van der Waals surface area (Å²) in [5.74, 6) is 0. The summed E-state index contributed by atoms with van der Waals surface area (Å²) in [4.78, 5) is 0. The van der Waals surface area contributed by atoms with Crippen molar-refractivity contribution in [1.82, 2.24) is 5.32 Å². The van der Waals surface area contributed by atoms with E-state index in [0.717, 1.165) is 6.54 Å². The van der Waals surface area contributed by atoms with Gasteiger partial charge in [-0.25, -0.2) is 0 Å². The van der Waals surface area contributed by atoms with Crippen LogP contribution in [0.4, 0.5) is 0 Å². The highest BCUT2D eigenvalue weighted by molar-refractivity contribution is 5.31. The van der Waals surface area contributed by atoms with Gasteiger partial charge in [-0.15, -0.1) is 0 Å². The molecule has 0 saturated carbocycles. The van der Waals surface area contributed by atoms with Gasteiger partial charge in [0.05, 0.1) is 0 Å². The van der Waals surface area contributed by atoms with Crippen molar-refractivity contribution < 1.29 is 0 Å². The zero-order valence-electron chi connectivity index (χ0n) is 10.0. The Morgan fingerprint density at radius 1 is 1.33 bits per heavy atom. The molecule has 0 radical (unpaired) electrons. The van der Waals surface area contributed by atoms with E-state index in [-0.39, 0.29) is 0 Å². The molecule has 15 heavy (non-hydrogen) atoms. The first kappa shape index (κ1) is 10.7. The fourth-order valence-electron chi connectivity index (χ4n) is 2.89. The Morgan fingerprint density at radius 3 is 2.47 bits per heavy atom. The summed E-state index contributed by atoms with van der Waals surface area (Å²) in [5, 5.41) is 3.57. The first-order valence-corrected chi connectivity index (χ1v) is 5.99. The van der Waals surface area contributed by atoms with Crippen LogP contribution in [-0.4, -0.2) is 12.6 Å². The molecule has 0 amide bonds. The molecule has 1 heteroatoms. The first-order chi connectivity index (χ1) is 7.19. The largest absolute Gasteiger partial charge is 0.313 e. The van der Waals surface area contributed by atoms with Crippen molar-refractivity contribution in [2.24, 2.45) is 0 Å². The number of benzene rings is 1. The van der Waals surface area contributed by atoms with E-state index in [2.05, 4.69) is 50.4 Å². The molecule has 1 saturated heterocycles. The Labute approximate surface area is 92.9 Å². The minimum atomic E-state index is 0.369. The van der Waals surface area contributed by atoms with Crippen molar-refractivity contribution in [2.45, 2.75) is 45.1 Å². The molecule has 0 spiro atoms. The second-order valence-corrected chi connectivity index (χ2v) is 4.80. The minimum Gasteiger partial charge on any atom is -0.313 e. The molecule has 2 unspecified atom stereocenters. The molecule has 1 nitrogen and oxygen atoms in total. The van der Waals surface area contributed by atoms with Gasteiger partial charge in [-0.1, -0.05) is 36.8 Å². The lowest BCUT2D eigenvalue weighted by Crippen LogP contribution is -2.37. The number of nitrogens with one attached hydrogen (secondary N) is 1. The molecule has 2 atom stereocenters. The maximum Gasteiger partial charge on any atom is 0.0136 e. The molecule has 2 rings (SSSR count). The van der Waals surface area contributed by atoms with Crippen molar-refractivity contribution in [2.75, 3.05) is 6.54 Å². The highest BCUT2D eigenvalue weighted by Crippen LogP contribution is 2.38. The zero-order valence-corrected chi connectivity index (χ0v) is 10.0. The third kappa shape index (κ3) is 1.69. The van der Waals surface area contributed by atoms with Gasteiger partial charge in [0.1, 0.15) is 0 Å². The van der Waals surface area contributed by atoms with E-state index in [1.54, 1.807) is 0 Å². The number of hydrogen-bond acceptors (Lipinski definition) is 1. The Bertz CT molecular complexity index is 328. The van der Waals surface area contributed by atoms with Crippen LogP contribution in [0.2, 0.25) is 0 Å². The van der Waals surface area contributed by atoms with Crippen LogP contribution in [0.5, 0.6) is 0 Å². The summed E-state index contributed by atoms with van der Waals surface area (Å²) >= 11 is 0. The highest BCUT2D eigenvalue weighted by Gasteiger charge is 2.39. The van der Waals surface area contributed by atoms with Crippen molar-refractivity contribution in [3.05, 3.63) is 35.4 Å². The molecule has 0 aliphatic carbocycles. The molecule has 1 aromatic rings. The second kappa shape index (κ2) is 3.97. The van der Waals surface area contributed by atoms with Crippen molar-refractivity contribution in [3.8, 4) is 0 Å². The van der Waals surface area contributed by atoms with Crippen molar-refractivity contribution >= 4 is 0 Å². The maximum atomic E-state index is 3.57. The van der Waals surface area contributed by atoms with E-state index >= 15 is 0 Å². The van der Waals surface area contributed by atoms with E-state index < -0.39 is 0 Å². The molecule has 1 aliphatic heterocycles. The molecule has 1 aliphatic rings. The number of hydrogen-bond donors (Lipinski definition) is 1. The van der Waals surface area contributed by atoms with E-state index in [4.69, 9.17) is 0 Å². The van der Waals surface area contributed by atoms with Gasteiger partial charge in [0.25, 0.3) is 0 Å². The molecular formula is C14H21N. The predicted octanol–water partition coefficient (Wildman–Crippen LogP) is 3.02. The predicted molar refractivity (Wildman–Crippen MR) is 65.2 cm³/mol. The first-order valence-electron chi connectivity index (χ1n) is 5.99. The van der Waals surface area contributed by atoms with Crippen LogP contribution in [0.1, 0.15) is 37.8 Å². The van der Waals surface area contributed by atoms with Crippen LogP contribution in [0.25, 0.3) is 0 Å². The van der Waals surface area contributed by atoms with Crippen LogP contribution in [-0.2, 0) is 5.41 Å². The second-order valence-electron chi connectivity index (χ2n) is 4.80. The lowest BCUT2D eigenvalue weighted by Gasteiger charge is -2.33. The fourth-order valence-corrected chi connectivity index (χ4v) is 2.89. The van der Waals surface area contributed by atoms with Crippen LogP contribution in [0.3, 0.4) is 0 Å². The lowest BCUT2D eigenvalue weighted by molar-refractivity contribution is 0.374. The molecule has 0 aromatic heterocycles. The molecular weight excluding hydrogens is 182 g/mol. The van der Waals surface area contributed by atoms with Crippen LogP contribution in [0, 0.1) is 6.92 Å². The summed E-state index contributed by atoms with van der Waals surface area (Å²) in [5.41, 5.74) is 3.23. The maximum absolute atomic E-state index is 3.57. The summed E-state index contributed by atoms with van der Waals surface area (Å²) in [6.07, 6.45) is 2.50. The smallest absolute Gasteiger partial charge is 0.0136 e. The molecule has 1 N–H and O–H groups in total. The third-order valence-electron chi connectivity index (χ3n) is 4.11. The van der Waals surface area contributed by atoms with E-state index in [1.165, 1.54) is 24.0 Å². The standard InChI is InChI=1S/C14H21N/c1-4-14(9-10-15-12(14)3)13-7-5-11(2)6-8-13/h5-8,12,15H,4,9-10H2,1-3H3. The normalized spacial score (nSPS) is 30.7. The van der Waals surface area contributed by atoms with E-state index in [1.807, 2.05) is 0 Å². The van der Waals surface area contributed by atoms with Gasteiger partial charge >= 0.3 is 0 Å². The average Bonchev–Trinajstić information content (AvgIpc) is 2.62. The third-order valence-corrected chi connectivity index (χ3v) is 4.11. The van der Waals surface area contributed by atoms with E-state index in [9.17, 15) is 0 Å². The SMILES string of the molecule is CCC1(c2ccc(C)cc2)CCNC1C. The van der Waals surface area contributed by atoms with Gasteiger partial charge in [0.2, 0.25) is 0 Å². The monoisotopic (exact) mass is 203 g/mol. The lowest BCUT2D eigenvalue weighted by atomic mass is 9.73. The van der Waals surface area contributed by atoms with Crippen LogP contribution in [0.15, 0.2) is 24.3 Å².